The van der Waals surface area contributed by atoms with Crippen LogP contribution in [0.2, 0.25) is 0 Å². The van der Waals surface area contributed by atoms with Crippen LogP contribution in [0.4, 0.5) is 0 Å². The van der Waals surface area contributed by atoms with Gasteiger partial charge in [-0.15, -0.1) is 8.58 Å². The predicted molar refractivity (Wildman–Crippen MR) is 59.5 cm³/mol. The summed E-state index contributed by atoms with van der Waals surface area (Å²) in [6.07, 6.45) is 4.27. The monoisotopic (exact) mass is 186 g/mol. The summed E-state index contributed by atoms with van der Waals surface area (Å²) in [5, 5.41) is 1.23. The third-order valence-corrected chi connectivity index (χ3v) is 4.61. The molecule has 1 aliphatic rings. The second kappa shape index (κ2) is 3.29. The van der Waals surface area contributed by atoms with Crippen LogP contribution in [0.15, 0.2) is 0 Å². The minimum Gasteiger partial charge on any atom is -0.110 e. The second-order valence-corrected chi connectivity index (χ2v) is 8.53. The highest BCUT2D eigenvalue weighted by molar-refractivity contribution is 7.41. The van der Waals surface area contributed by atoms with Gasteiger partial charge in [0.25, 0.3) is 0 Å². The zero-order valence-corrected chi connectivity index (χ0v) is 10.2. The fourth-order valence-corrected chi connectivity index (χ4v) is 5.44. The van der Waals surface area contributed by atoms with Gasteiger partial charge in [-0.3, -0.25) is 0 Å². The average Bonchev–Trinajstić information content (AvgIpc) is 1.80. The highest BCUT2D eigenvalue weighted by atomic mass is 31.1. The summed E-state index contributed by atoms with van der Waals surface area (Å²) in [6, 6.07) is 0. The minimum atomic E-state index is 0.614. The first kappa shape index (κ1) is 10.5. The van der Waals surface area contributed by atoms with Crippen LogP contribution in [0.25, 0.3) is 0 Å². The van der Waals surface area contributed by atoms with Crippen molar-refractivity contribution < 1.29 is 0 Å². The molecule has 12 heavy (non-hydrogen) atoms. The molecule has 72 valence electrons. The molecule has 0 nitrogen and oxygen atoms in total. The summed E-state index contributed by atoms with van der Waals surface area (Å²) in [5.41, 5.74) is 0. The maximum atomic E-state index is 2.44. The topological polar surface area (TPSA) is 0 Å². The molecule has 0 unspecified atom stereocenters. The number of hydrogen-bond acceptors (Lipinski definition) is 0. The molecular weight excluding hydrogens is 163 g/mol. The predicted octanol–water partition coefficient (Wildman–Crippen LogP) is 4.04. The Kier molecular flexibility index (Phi) is 2.88. The lowest BCUT2D eigenvalue weighted by atomic mass is 9.86. The van der Waals surface area contributed by atoms with Crippen molar-refractivity contribution >= 4 is 8.58 Å². The summed E-state index contributed by atoms with van der Waals surface area (Å²) in [4.78, 5) is 0. The van der Waals surface area contributed by atoms with Crippen molar-refractivity contribution in [3.05, 3.63) is 0 Å². The summed E-state index contributed by atoms with van der Waals surface area (Å²) >= 11 is 0. The van der Waals surface area contributed by atoms with Gasteiger partial charge < -0.3 is 0 Å². The molecule has 1 heteroatoms. The van der Waals surface area contributed by atoms with Crippen LogP contribution >= 0.6 is 8.58 Å². The van der Waals surface area contributed by atoms with E-state index in [2.05, 4.69) is 34.6 Å². The smallest absolute Gasteiger partial charge is 0.0171 e. The molecule has 0 aromatic carbocycles. The fraction of sp³-hybridized carbons (Fsp3) is 1.00. The summed E-state index contributed by atoms with van der Waals surface area (Å²) in [7, 11) is 1.14. The highest BCUT2D eigenvalue weighted by Gasteiger charge is 2.37. The largest absolute Gasteiger partial charge is 0.110 e. The van der Waals surface area contributed by atoms with E-state index in [1.54, 1.807) is 0 Å². The Bertz CT molecular complexity index is 142. The van der Waals surface area contributed by atoms with Gasteiger partial charge in [0.2, 0.25) is 0 Å². The minimum absolute atomic E-state index is 0.614. The molecule has 0 radical (unpaired) electrons. The number of rotatable bonds is 1. The Hall–Kier alpha value is 0.430. The van der Waals surface area contributed by atoms with Crippen LogP contribution in [-0.4, -0.2) is 10.3 Å². The first-order chi connectivity index (χ1) is 5.35. The van der Waals surface area contributed by atoms with Crippen LogP contribution in [0.5, 0.6) is 0 Å². The van der Waals surface area contributed by atoms with Gasteiger partial charge >= 0.3 is 0 Å². The Morgan fingerprint density at radius 1 is 1.08 bits per heavy atom. The zero-order valence-electron chi connectivity index (χ0n) is 9.20. The molecule has 0 spiro atoms. The lowest BCUT2D eigenvalue weighted by molar-refractivity contribution is 0.334. The third kappa shape index (κ3) is 2.73. The van der Waals surface area contributed by atoms with Crippen molar-refractivity contribution in [2.45, 2.75) is 64.2 Å². The molecule has 1 rings (SSSR count). The van der Waals surface area contributed by atoms with Gasteiger partial charge in [-0.1, -0.05) is 41.0 Å². The molecule has 0 aromatic rings. The first-order valence-electron chi connectivity index (χ1n) is 5.14. The van der Waals surface area contributed by atoms with Crippen LogP contribution in [0.3, 0.4) is 0 Å². The van der Waals surface area contributed by atoms with Crippen molar-refractivity contribution in [3.63, 3.8) is 0 Å². The second-order valence-electron chi connectivity index (χ2n) is 5.58. The molecule has 0 amide bonds. The molecular formula is C11H23P. The van der Waals surface area contributed by atoms with E-state index in [0.29, 0.717) is 10.3 Å². The first-order valence-corrected chi connectivity index (χ1v) is 6.14. The summed E-state index contributed by atoms with van der Waals surface area (Å²) in [6.45, 7) is 12.1. The molecule has 1 heterocycles. The molecule has 1 aliphatic heterocycles. The van der Waals surface area contributed by atoms with Gasteiger partial charge in [-0.05, 0) is 29.1 Å². The Morgan fingerprint density at radius 2 is 1.50 bits per heavy atom. The normalized spacial score (nSPS) is 35.2. The van der Waals surface area contributed by atoms with Crippen molar-refractivity contribution in [1.29, 1.82) is 0 Å². The van der Waals surface area contributed by atoms with Crippen molar-refractivity contribution in [2.24, 2.45) is 5.92 Å². The summed E-state index contributed by atoms with van der Waals surface area (Å²) < 4.78 is 0. The van der Waals surface area contributed by atoms with Gasteiger partial charge in [0.05, 0.1) is 0 Å². The fourth-order valence-electron chi connectivity index (χ4n) is 2.82. The molecule has 0 N–H and O–H groups in total. The molecule has 0 bridgehead atoms. The van der Waals surface area contributed by atoms with E-state index in [4.69, 9.17) is 0 Å². The Balaban J connectivity index is 2.66. The lowest BCUT2D eigenvalue weighted by Crippen LogP contribution is -2.34. The molecule has 1 saturated heterocycles. The van der Waals surface area contributed by atoms with Gasteiger partial charge in [-0.2, -0.15) is 0 Å². The van der Waals surface area contributed by atoms with Gasteiger partial charge in [0.15, 0.2) is 0 Å². The lowest BCUT2D eigenvalue weighted by Gasteiger charge is -2.45. The zero-order chi connectivity index (χ0) is 9.41. The number of hydrogen-bond donors (Lipinski definition) is 0. The van der Waals surface area contributed by atoms with E-state index < -0.39 is 0 Å². The van der Waals surface area contributed by atoms with Crippen molar-refractivity contribution in [1.82, 2.24) is 0 Å². The van der Waals surface area contributed by atoms with E-state index in [1.165, 1.54) is 19.3 Å². The highest BCUT2D eigenvalue weighted by Crippen LogP contribution is 2.54. The van der Waals surface area contributed by atoms with Gasteiger partial charge in [0.1, 0.15) is 0 Å². The maximum Gasteiger partial charge on any atom is -0.0171 e. The van der Waals surface area contributed by atoms with E-state index in [1.807, 2.05) is 0 Å². The van der Waals surface area contributed by atoms with E-state index in [9.17, 15) is 0 Å². The quantitative estimate of drug-likeness (QED) is 0.542. The maximum absolute atomic E-state index is 2.44. The SMILES string of the molecule is CCC1CC(C)(C)PC(C)(C)C1. The van der Waals surface area contributed by atoms with E-state index in [-0.39, 0.29) is 0 Å². The van der Waals surface area contributed by atoms with E-state index in [0.717, 1.165) is 14.5 Å². The molecule has 0 aromatic heterocycles. The molecule has 1 fully saturated rings. The van der Waals surface area contributed by atoms with Crippen LogP contribution < -0.4 is 0 Å². The van der Waals surface area contributed by atoms with Crippen LogP contribution in [0, 0.1) is 5.92 Å². The molecule has 0 aliphatic carbocycles. The van der Waals surface area contributed by atoms with Crippen molar-refractivity contribution in [3.8, 4) is 0 Å². The Labute approximate surface area is 79.3 Å². The van der Waals surface area contributed by atoms with E-state index >= 15 is 0 Å². The van der Waals surface area contributed by atoms with Crippen LogP contribution in [-0.2, 0) is 0 Å². The Morgan fingerprint density at radius 3 is 1.83 bits per heavy atom. The van der Waals surface area contributed by atoms with Gasteiger partial charge in [0, 0.05) is 0 Å². The third-order valence-electron chi connectivity index (χ3n) is 2.85. The molecule has 0 saturated carbocycles. The summed E-state index contributed by atoms with van der Waals surface area (Å²) in [5.74, 6) is 0.983. The molecule has 0 atom stereocenters. The standard InChI is InChI=1S/C11H23P/c1-6-9-7-10(2,3)12-11(4,5)8-9/h9,12H,6-8H2,1-5H3. The van der Waals surface area contributed by atoms with Crippen LogP contribution in [0.1, 0.15) is 53.9 Å². The van der Waals surface area contributed by atoms with Gasteiger partial charge in [-0.25, -0.2) is 0 Å². The van der Waals surface area contributed by atoms with Crippen molar-refractivity contribution in [2.75, 3.05) is 0 Å². The average molecular weight is 186 g/mol.